The van der Waals surface area contributed by atoms with Crippen molar-refractivity contribution in [3.05, 3.63) is 0 Å². The van der Waals surface area contributed by atoms with Crippen LogP contribution in [-0.2, 0) is 4.74 Å². The van der Waals surface area contributed by atoms with Crippen LogP contribution < -0.4 is 5.84 Å². The van der Waals surface area contributed by atoms with Gasteiger partial charge in [-0.2, -0.15) is 0 Å². The van der Waals surface area contributed by atoms with Crippen molar-refractivity contribution in [1.29, 1.82) is 0 Å². The third-order valence-corrected chi connectivity index (χ3v) is 2.55. The molecule has 1 aliphatic rings. The highest BCUT2D eigenvalue weighted by molar-refractivity contribution is 5.67. The molecule has 88 valence electrons. The third kappa shape index (κ3) is 4.08. The van der Waals surface area contributed by atoms with E-state index in [0.29, 0.717) is 12.5 Å². The van der Waals surface area contributed by atoms with Gasteiger partial charge in [0.05, 0.1) is 0 Å². The Morgan fingerprint density at radius 3 is 2.40 bits per heavy atom. The van der Waals surface area contributed by atoms with Gasteiger partial charge >= 0.3 is 6.09 Å². The van der Waals surface area contributed by atoms with Gasteiger partial charge in [-0.05, 0) is 45.4 Å². The second-order valence-corrected chi connectivity index (χ2v) is 5.58. The van der Waals surface area contributed by atoms with Crippen molar-refractivity contribution >= 4 is 6.09 Å². The highest BCUT2D eigenvalue weighted by Crippen LogP contribution is 2.33. The number of hydrogen-bond donors (Lipinski definition) is 1. The maximum atomic E-state index is 11.5. The second kappa shape index (κ2) is 4.39. The minimum atomic E-state index is -0.471. The molecule has 0 saturated heterocycles. The van der Waals surface area contributed by atoms with Gasteiger partial charge < -0.3 is 4.74 Å². The van der Waals surface area contributed by atoms with E-state index in [1.807, 2.05) is 20.8 Å². The summed E-state index contributed by atoms with van der Waals surface area (Å²) in [4.78, 5) is 11.5. The fraction of sp³-hybridized carbons (Fsp3) is 0.909. The number of carbonyl (C=O) groups is 1. The molecule has 1 aliphatic carbocycles. The first-order valence-electron chi connectivity index (χ1n) is 5.53. The Hall–Kier alpha value is -0.770. The summed E-state index contributed by atoms with van der Waals surface area (Å²) < 4.78 is 5.16. The summed E-state index contributed by atoms with van der Waals surface area (Å²) in [7, 11) is 0. The topological polar surface area (TPSA) is 55.6 Å². The molecule has 15 heavy (non-hydrogen) atoms. The number of nitrogens with two attached hydrogens (primary N) is 1. The number of hydrogen-bond acceptors (Lipinski definition) is 3. The van der Waals surface area contributed by atoms with Crippen molar-refractivity contribution in [2.45, 2.75) is 46.1 Å². The van der Waals surface area contributed by atoms with Crippen molar-refractivity contribution in [3.63, 3.8) is 0 Å². The van der Waals surface area contributed by atoms with Crippen molar-refractivity contribution in [2.24, 2.45) is 17.7 Å². The number of carbonyl (C=O) groups excluding carboxylic acids is 1. The van der Waals surface area contributed by atoms with Crippen LogP contribution in [0.2, 0.25) is 0 Å². The monoisotopic (exact) mass is 214 g/mol. The molecule has 0 unspecified atom stereocenters. The molecule has 0 atom stereocenters. The van der Waals surface area contributed by atoms with Gasteiger partial charge in [0, 0.05) is 6.54 Å². The van der Waals surface area contributed by atoms with Gasteiger partial charge in [0.15, 0.2) is 0 Å². The zero-order valence-corrected chi connectivity index (χ0v) is 10.1. The van der Waals surface area contributed by atoms with E-state index < -0.39 is 11.7 Å². The van der Waals surface area contributed by atoms with Crippen LogP contribution in [-0.4, -0.2) is 23.2 Å². The van der Waals surface area contributed by atoms with Crippen LogP contribution in [0, 0.1) is 11.8 Å². The van der Waals surface area contributed by atoms with E-state index in [9.17, 15) is 4.79 Å². The van der Waals surface area contributed by atoms with Gasteiger partial charge in [0.1, 0.15) is 5.60 Å². The maximum Gasteiger partial charge on any atom is 0.424 e. The SMILES string of the molecule is CC1CC(CN(N)C(=O)OC(C)(C)C)C1. The van der Waals surface area contributed by atoms with E-state index in [2.05, 4.69) is 6.92 Å². The fourth-order valence-corrected chi connectivity index (χ4v) is 1.89. The van der Waals surface area contributed by atoms with Crippen LogP contribution in [0.15, 0.2) is 0 Å². The molecule has 0 aromatic heterocycles. The number of ether oxygens (including phenoxy) is 1. The summed E-state index contributed by atoms with van der Waals surface area (Å²) in [6.45, 7) is 8.34. The average Bonchev–Trinajstić information content (AvgIpc) is 1.98. The minimum Gasteiger partial charge on any atom is -0.443 e. The Bertz CT molecular complexity index is 229. The number of rotatable bonds is 2. The van der Waals surface area contributed by atoms with E-state index in [0.717, 1.165) is 18.8 Å². The molecule has 0 spiro atoms. The number of amides is 1. The Morgan fingerprint density at radius 1 is 1.47 bits per heavy atom. The standard InChI is InChI=1S/C11H22N2O2/c1-8-5-9(6-8)7-13(12)10(14)15-11(2,3)4/h8-9H,5-7,12H2,1-4H3. The molecule has 4 heteroatoms. The number of nitrogens with zero attached hydrogens (tertiary/aromatic N) is 1. The lowest BCUT2D eigenvalue weighted by molar-refractivity contribution is 0.0162. The molecule has 0 aliphatic heterocycles. The second-order valence-electron chi connectivity index (χ2n) is 5.58. The molecule has 1 fully saturated rings. The lowest BCUT2D eigenvalue weighted by atomic mass is 9.76. The van der Waals surface area contributed by atoms with Crippen LogP contribution >= 0.6 is 0 Å². The van der Waals surface area contributed by atoms with Crippen LogP contribution in [0.4, 0.5) is 4.79 Å². The molecule has 0 bridgehead atoms. The van der Waals surface area contributed by atoms with Crippen molar-refractivity contribution in [2.75, 3.05) is 6.54 Å². The van der Waals surface area contributed by atoms with Gasteiger partial charge in [0.25, 0.3) is 0 Å². The van der Waals surface area contributed by atoms with Crippen LogP contribution in [0.5, 0.6) is 0 Å². The predicted octanol–water partition coefficient (Wildman–Crippen LogP) is 2.14. The quantitative estimate of drug-likeness (QED) is 0.435. The van der Waals surface area contributed by atoms with E-state index in [-0.39, 0.29) is 0 Å². The van der Waals surface area contributed by atoms with E-state index in [1.54, 1.807) is 0 Å². The summed E-state index contributed by atoms with van der Waals surface area (Å²) in [5.41, 5.74) is -0.471. The van der Waals surface area contributed by atoms with E-state index >= 15 is 0 Å². The molecule has 0 radical (unpaired) electrons. The predicted molar refractivity (Wildman–Crippen MR) is 59.0 cm³/mol. The highest BCUT2D eigenvalue weighted by atomic mass is 16.6. The van der Waals surface area contributed by atoms with Gasteiger partial charge in [-0.3, -0.25) is 0 Å². The Labute approximate surface area is 91.7 Å². The summed E-state index contributed by atoms with van der Waals surface area (Å²) in [6, 6.07) is 0. The first-order valence-corrected chi connectivity index (χ1v) is 5.53. The van der Waals surface area contributed by atoms with Crippen molar-refractivity contribution in [1.82, 2.24) is 5.01 Å². The van der Waals surface area contributed by atoms with Crippen molar-refractivity contribution in [3.8, 4) is 0 Å². The van der Waals surface area contributed by atoms with Crippen molar-refractivity contribution < 1.29 is 9.53 Å². The summed E-state index contributed by atoms with van der Waals surface area (Å²) in [5.74, 6) is 6.97. The molecule has 4 nitrogen and oxygen atoms in total. The van der Waals surface area contributed by atoms with E-state index in [1.165, 1.54) is 5.01 Å². The zero-order chi connectivity index (χ0) is 11.6. The fourth-order valence-electron chi connectivity index (χ4n) is 1.89. The van der Waals surface area contributed by atoms with Gasteiger partial charge in [-0.25, -0.2) is 15.6 Å². The largest absolute Gasteiger partial charge is 0.443 e. The number of hydrazine groups is 1. The Morgan fingerprint density at radius 2 is 2.00 bits per heavy atom. The lowest BCUT2D eigenvalue weighted by Crippen LogP contribution is -2.46. The first-order chi connectivity index (χ1) is 6.78. The molecule has 0 heterocycles. The third-order valence-electron chi connectivity index (χ3n) is 2.55. The lowest BCUT2D eigenvalue weighted by Gasteiger charge is -2.35. The first kappa shape index (κ1) is 12.3. The van der Waals surface area contributed by atoms with Gasteiger partial charge in [-0.15, -0.1) is 0 Å². The van der Waals surface area contributed by atoms with Crippen LogP contribution in [0.25, 0.3) is 0 Å². The molecule has 1 rings (SSSR count). The Kier molecular flexibility index (Phi) is 3.60. The summed E-state index contributed by atoms with van der Waals surface area (Å²) in [6.07, 6.45) is 1.90. The Balaban J connectivity index is 2.27. The minimum absolute atomic E-state index is 0.429. The molecular weight excluding hydrogens is 192 g/mol. The van der Waals surface area contributed by atoms with Crippen LogP contribution in [0.3, 0.4) is 0 Å². The average molecular weight is 214 g/mol. The molecular formula is C11H22N2O2. The van der Waals surface area contributed by atoms with Crippen LogP contribution in [0.1, 0.15) is 40.5 Å². The molecule has 2 N–H and O–H groups in total. The normalized spacial score (nSPS) is 25.7. The maximum absolute atomic E-state index is 11.5. The highest BCUT2D eigenvalue weighted by Gasteiger charge is 2.29. The molecule has 0 aromatic rings. The van der Waals surface area contributed by atoms with Gasteiger partial charge in [-0.1, -0.05) is 6.92 Å². The molecule has 1 saturated carbocycles. The summed E-state index contributed by atoms with van der Waals surface area (Å²) >= 11 is 0. The zero-order valence-electron chi connectivity index (χ0n) is 10.1. The molecule has 1 amide bonds. The smallest absolute Gasteiger partial charge is 0.424 e. The van der Waals surface area contributed by atoms with Gasteiger partial charge in [0.2, 0.25) is 0 Å². The molecule has 0 aromatic carbocycles. The summed E-state index contributed by atoms with van der Waals surface area (Å²) in [5, 5.41) is 1.20. The van der Waals surface area contributed by atoms with E-state index in [4.69, 9.17) is 10.6 Å².